The van der Waals surface area contributed by atoms with Crippen molar-refractivity contribution in [3.8, 4) is 0 Å². The summed E-state index contributed by atoms with van der Waals surface area (Å²) in [6, 6.07) is 9.83. The van der Waals surface area contributed by atoms with Crippen molar-refractivity contribution in [2.75, 3.05) is 17.2 Å². The lowest BCUT2D eigenvalue weighted by Gasteiger charge is -2.25. The summed E-state index contributed by atoms with van der Waals surface area (Å²) in [5.41, 5.74) is 3.14. The van der Waals surface area contributed by atoms with Crippen molar-refractivity contribution in [2.24, 2.45) is 0 Å². The molecule has 21 heavy (non-hydrogen) atoms. The second kappa shape index (κ2) is 5.85. The molecular weight excluding hydrogens is 330 g/mol. The molecule has 1 unspecified atom stereocenters. The Balaban J connectivity index is 1.81. The monoisotopic (exact) mass is 345 g/mol. The zero-order chi connectivity index (χ0) is 14.8. The van der Waals surface area contributed by atoms with Gasteiger partial charge in [-0.3, -0.25) is 4.79 Å². The lowest BCUT2D eigenvalue weighted by molar-refractivity contribution is -0.117. The van der Waals surface area contributed by atoms with Crippen LogP contribution in [0.4, 0.5) is 11.5 Å². The molecular formula is C16H16BrN3O. The van der Waals surface area contributed by atoms with E-state index in [2.05, 4.69) is 31.5 Å². The van der Waals surface area contributed by atoms with Gasteiger partial charge in [-0.25, -0.2) is 4.98 Å². The molecule has 1 atom stereocenters. The molecule has 3 rings (SSSR count). The van der Waals surface area contributed by atoms with Gasteiger partial charge in [-0.1, -0.05) is 18.2 Å². The van der Waals surface area contributed by atoms with E-state index in [0.29, 0.717) is 5.82 Å². The van der Waals surface area contributed by atoms with Gasteiger partial charge in [-0.2, -0.15) is 0 Å². The predicted molar refractivity (Wildman–Crippen MR) is 87.6 cm³/mol. The molecule has 0 saturated heterocycles. The van der Waals surface area contributed by atoms with E-state index in [0.717, 1.165) is 34.3 Å². The van der Waals surface area contributed by atoms with E-state index in [4.69, 9.17) is 0 Å². The summed E-state index contributed by atoms with van der Waals surface area (Å²) in [4.78, 5) is 16.8. The number of fused-ring (bicyclic) bond motifs is 1. The lowest BCUT2D eigenvalue weighted by Crippen LogP contribution is -2.27. The normalized spacial score (nSPS) is 16.8. The number of pyridine rings is 1. The number of halogens is 1. The smallest absolute Gasteiger partial charge is 0.233 e. The van der Waals surface area contributed by atoms with Crippen molar-refractivity contribution in [2.45, 2.75) is 19.3 Å². The number of hydrogen-bond donors (Lipinski definition) is 2. The Morgan fingerprint density at radius 2 is 2.24 bits per heavy atom. The fraction of sp³-hybridized carbons (Fsp3) is 0.250. The molecule has 0 saturated carbocycles. The topological polar surface area (TPSA) is 54.0 Å². The second-order valence-corrected chi connectivity index (χ2v) is 6.02. The highest BCUT2D eigenvalue weighted by molar-refractivity contribution is 9.10. The summed E-state index contributed by atoms with van der Waals surface area (Å²) in [7, 11) is 0. The van der Waals surface area contributed by atoms with Crippen LogP contribution in [0.5, 0.6) is 0 Å². The van der Waals surface area contributed by atoms with Gasteiger partial charge in [0.2, 0.25) is 5.91 Å². The molecule has 2 N–H and O–H groups in total. The first-order chi connectivity index (χ1) is 10.1. The molecule has 1 aromatic heterocycles. The van der Waals surface area contributed by atoms with Crippen LogP contribution in [0.3, 0.4) is 0 Å². The maximum absolute atomic E-state index is 12.5. The van der Waals surface area contributed by atoms with Crippen molar-refractivity contribution in [3.63, 3.8) is 0 Å². The van der Waals surface area contributed by atoms with Crippen LogP contribution in [0.15, 0.2) is 41.0 Å². The Labute approximate surface area is 132 Å². The average Bonchev–Trinajstić information content (AvgIpc) is 2.50. The van der Waals surface area contributed by atoms with E-state index in [1.807, 2.05) is 37.3 Å². The number of anilines is 2. The van der Waals surface area contributed by atoms with Gasteiger partial charge >= 0.3 is 0 Å². The summed E-state index contributed by atoms with van der Waals surface area (Å²) in [5.74, 6) is 0.461. The Bertz CT molecular complexity index is 687. The highest BCUT2D eigenvalue weighted by Gasteiger charge is 2.26. The molecule has 4 nitrogen and oxygen atoms in total. The molecule has 108 valence electrons. The second-order valence-electron chi connectivity index (χ2n) is 5.16. The van der Waals surface area contributed by atoms with Crippen LogP contribution in [0, 0.1) is 6.92 Å². The van der Waals surface area contributed by atoms with Gasteiger partial charge in [0.1, 0.15) is 5.82 Å². The zero-order valence-electron chi connectivity index (χ0n) is 11.7. The number of nitrogens with one attached hydrogen (secondary N) is 2. The number of amides is 1. The summed E-state index contributed by atoms with van der Waals surface area (Å²) >= 11 is 3.41. The number of nitrogens with zero attached hydrogens (tertiary/aromatic N) is 1. The van der Waals surface area contributed by atoms with Gasteiger partial charge in [0.15, 0.2) is 0 Å². The summed E-state index contributed by atoms with van der Waals surface area (Å²) in [5, 5.41) is 6.25. The number of carbonyl (C=O) groups is 1. The van der Waals surface area contributed by atoms with Crippen LogP contribution < -0.4 is 10.6 Å². The lowest BCUT2D eigenvalue weighted by atomic mass is 9.90. The largest absolute Gasteiger partial charge is 0.385 e. The van der Waals surface area contributed by atoms with Gasteiger partial charge in [-0.15, -0.1) is 0 Å². The van der Waals surface area contributed by atoms with Gasteiger partial charge in [0.25, 0.3) is 0 Å². The third-order valence-electron chi connectivity index (χ3n) is 3.70. The van der Waals surface area contributed by atoms with Crippen molar-refractivity contribution < 1.29 is 4.79 Å². The molecule has 0 aliphatic carbocycles. The Morgan fingerprint density at radius 3 is 3.05 bits per heavy atom. The third kappa shape index (κ3) is 2.93. The molecule has 2 aromatic rings. The van der Waals surface area contributed by atoms with Crippen LogP contribution in [0.1, 0.15) is 23.5 Å². The first-order valence-corrected chi connectivity index (χ1v) is 7.70. The van der Waals surface area contributed by atoms with E-state index in [9.17, 15) is 4.79 Å². The number of aryl methyl sites for hydroxylation is 1. The van der Waals surface area contributed by atoms with E-state index in [1.54, 1.807) is 6.20 Å². The van der Waals surface area contributed by atoms with Crippen molar-refractivity contribution in [1.29, 1.82) is 0 Å². The Hall–Kier alpha value is -1.88. The number of carbonyl (C=O) groups excluding carboxylic acids is 1. The SMILES string of the molecule is Cc1cc(NC(=O)C2CCNc3ccccc32)ncc1Br. The first kappa shape index (κ1) is 14.1. The minimum atomic E-state index is -0.131. The Kier molecular flexibility index (Phi) is 3.92. The summed E-state index contributed by atoms with van der Waals surface area (Å²) in [6.07, 6.45) is 2.50. The van der Waals surface area contributed by atoms with Gasteiger partial charge in [0, 0.05) is 22.9 Å². The maximum Gasteiger partial charge on any atom is 0.233 e. The van der Waals surface area contributed by atoms with Crippen LogP contribution in [-0.2, 0) is 4.79 Å². The van der Waals surface area contributed by atoms with Crippen molar-refractivity contribution in [1.82, 2.24) is 4.98 Å². The molecule has 1 aliphatic heterocycles. The van der Waals surface area contributed by atoms with Gasteiger partial charge in [-0.05, 0) is 52.5 Å². The predicted octanol–water partition coefficient (Wildman–Crippen LogP) is 3.69. The fourth-order valence-electron chi connectivity index (χ4n) is 2.56. The Morgan fingerprint density at radius 1 is 1.43 bits per heavy atom. The van der Waals surface area contributed by atoms with Crippen LogP contribution in [0.25, 0.3) is 0 Å². The number of para-hydroxylation sites is 1. The fourth-order valence-corrected chi connectivity index (χ4v) is 2.78. The number of aromatic nitrogens is 1. The first-order valence-electron chi connectivity index (χ1n) is 6.91. The van der Waals surface area contributed by atoms with Crippen molar-refractivity contribution in [3.05, 3.63) is 52.1 Å². The summed E-state index contributed by atoms with van der Waals surface area (Å²) in [6.45, 7) is 2.78. The highest BCUT2D eigenvalue weighted by Crippen LogP contribution is 2.32. The van der Waals surface area contributed by atoms with Crippen molar-refractivity contribution >= 4 is 33.3 Å². The molecule has 0 fully saturated rings. The molecule has 0 bridgehead atoms. The molecule has 2 heterocycles. The van der Waals surface area contributed by atoms with Gasteiger partial charge in [0.05, 0.1) is 5.92 Å². The van der Waals surface area contributed by atoms with E-state index in [1.165, 1.54) is 0 Å². The molecule has 1 aromatic carbocycles. The highest BCUT2D eigenvalue weighted by atomic mass is 79.9. The summed E-state index contributed by atoms with van der Waals surface area (Å²) < 4.78 is 0.938. The molecule has 0 radical (unpaired) electrons. The number of rotatable bonds is 2. The molecule has 5 heteroatoms. The maximum atomic E-state index is 12.5. The van der Waals surface area contributed by atoms with E-state index in [-0.39, 0.29) is 11.8 Å². The minimum Gasteiger partial charge on any atom is -0.385 e. The van der Waals surface area contributed by atoms with Gasteiger partial charge < -0.3 is 10.6 Å². The quantitative estimate of drug-likeness (QED) is 0.872. The molecule has 1 amide bonds. The minimum absolute atomic E-state index is 0.00169. The molecule has 1 aliphatic rings. The van der Waals surface area contributed by atoms with Crippen LogP contribution >= 0.6 is 15.9 Å². The molecule has 0 spiro atoms. The standard InChI is InChI=1S/C16H16BrN3O/c1-10-8-15(19-9-13(10)17)20-16(21)12-6-7-18-14-5-3-2-4-11(12)14/h2-5,8-9,12,18H,6-7H2,1H3,(H,19,20,21). The number of hydrogen-bond acceptors (Lipinski definition) is 3. The zero-order valence-corrected chi connectivity index (χ0v) is 13.3. The van der Waals surface area contributed by atoms with Crippen LogP contribution in [0.2, 0.25) is 0 Å². The van der Waals surface area contributed by atoms with E-state index >= 15 is 0 Å². The average molecular weight is 346 g/mol. The van der Waals surface area contributed by atoms with E-state index < -0.39 is 0 Å². The third-order valence-corrected chi connectivity index (χ3v) is 4.53. The van der Waals surface area contributed by atoms with Crippen LogP contribution in [-0.4, -0.2) is 17.4 Å². The number of benzene rings is 1.